The van der Waals surface area contributed by atoms with Crippen molar-refractivity contribution in [1.82, 2.24) is 14.9 Å². The molecule has 27 heavy (non-hydrogen) atoms. The first kappa shape index (κ1) is 18.2. The molecule has 0 spiro atoms. The fraction of sp³-hybridized carbons (Fsp3) is 0.333. The van der Waals surface area contributed by atoms with E-state index in [2.05, 4.69) is 25.9 Å². The first-order valence-electron chi connectivity index (χ1n) is 8.31. The van der Waals surface area contributed by atoms with Gasteiger partial charge in [0.15, 0.2) is 5.58 Å². The molecule has 3 aromatic rings. The third-order valence-electron chi connectivity index (χ3n) is 4.81. The van der Waals surface area contributed by atoms with Crippen LogP contribution in [0.1, 0.15) is 29.8 Å². The molecule has 0 radical (unpaired) electrons. The van der Waals surface area contributed by atoms with Crippen LogP contribution in [0.15, 0.2) is 44.1 Å². The largest absolute Gasteiger partial charge is 0.417 e. The van der Waals surface area contributed by atoms with E-state index in [9.17, 15) is 18.0 Å². The van der Waals surface area contributed by atoms with Crippen LogP contribution in [-0.4, -0.2) is 33.6 Å². The Bertz CT molecular complexity index is 1040. The molecular formula is C18H15BrF3N3O2. The zero-order valence-electron chi connectivity index (χ0n) is 14.2. The lowest BCUT2D eigenvalue weighted by Crippen LogP contribution is -2.47. The zero-order chi connectivity index (χ0) is 19.3. The molecule has 142 valence electrons. The Labute approximate surface area is 160 Å². The molecule has 0 fully saturated rings. The predicted molar refractivity (Wildman–Crippen MR) is 96.5 cm³/mol. The number of fused-ring (bicyclic) bond motifs is 3. The molecule has 0 aliphatic carbocycles. The van der Waals surface area contributed by atoms with Gasteiger partial charge in [0.1, 0.15) is 0 Å². The van der Waals surface area contributed by atoms with Gasteiger partial charge in [-0.15, -0.1) is 0 Å². The summed E-state index contributed by atoms with van der Waals surface area (Å²) >= 11 is 3.30. The minimum absolute atomic E-state index is 0.344. The van der Waals surface area contributed by atoms with Gasteiger partial charge in [0.2, 0.25) is 0 Å². The van der Waals surface area contributed by atoms with Crippen molar-refractivity contribution in [2.75, 3.05) is 6.54 Å². The van der Waals surface area contributed by atoms with Gasteiger partial charge >= 0.3 is 11.9 Å². The number of alkyl halides is 3. The molecule has 1 aliphatic rings. The molecular weight excluding hydrogens is 427 g/mol. The molecule has 0 amide bonds. The van der Waals surface area contributed by atoms with Crippen LogP contribution < -0.4 is 5.76 Å². The number of halogens is 4. The van der Waals surface area contributed by atoms with Crippen molar-refractivity contribution in [3.05, 3.63) is 62.3 Å². The molecule has 1 aliphatic heterocycles. The third kappa shape index (κ3) is 3.41. The molecule has 2 atom stereocenters. The van der Waals surface area contributed by atoms with Crippen LogP contribution in [0.25, 0.3) is 11.1 Å². The Morgan fingerprint density at radius 3 is 2.78 bits per heavy atom. The smallest absolute Gasteiger partial charge is 0.408 e. The maximum Gasteiger partial charge on any atom is 0.417 e. The number of pyridine rings is 1. The number of aromatic amines is 1. The Hall–Kier alpha value is -2.13. The first-order valence-corrected chi connectivity index (χ1v) is 9.11. The summed E-state index contributed by atoms with van der Waals surface area (Å²) in [6.45, 7) is 0.690. The summed E-state index contributed by atoms with van der Waals surface area (Å²) in [4.78, 5) is 19.9. The average Bonchev–Trinajstić information content (AvgIpc) is 2.96. The second-order valence-corrected chi connectivity index (χ2v) is 7.58. The number of rotatable bonds is 2. The molecule has 1 aromatic carbocycles. The van der Waals surface area contributed by atoms with Crippen LogP contribution in [0, 0.1) is 0 Å². The van der Waals surface area contributed by atoms with Crippen molar-refractivity contribution in [2.45, 2.75) is 31.6 Å². The van der Waals surface area contributed by atoms with E-state index < -0.39 is 30.6 Å². The lowest BCUT2D eigenvalue weighted by molar-refractivity contribution is -0.155. The summed E-state index contributed by atoms with van der Waals surface area (Å²) in [5.74, 6) is -0.581. The van der Waals surface area contributed by atoms with Crippen LogP contribution in [0.5, 0.6) is 0 Å². The summed E-state index contributed by atoms with van der Waals surface area (Å²) in [7, 11) is 0. The maximum atomic E-state index is 13.3. The van der Waals surface area contributed by atoms with Crippen molar-refractivity contribution < 1.29 is 17.6 Å². The Morgan fingerprint density at radius 1 is 1.33 bits per heavy atom. The van der Waals surface area contributed by atoms with Gasteiger partial charge < -0.3 is 4.42 Å². The number of benzene rings is 1. The van der Waals surface area contributed by atoms with Crippen LogP contribution >= 0.6 is 15.9 Å². The standard InChI is InChI=1S/C18H15BrF3N3O2/c1-9-6-12-11(3-5-14-16(12)27-17(26)24-14)15(25(9)8-18(20,21)22)13-4-2-10(19)7-23-13/h2-5,7,9,15H,6,8H2,1H3,(H,24,26)/t9-,15+/m1/s1. The lowest BCUT2D eigenvalue weighted by atomic mass is 9.86. The highest BCUT2D eigenvalue weighted by Crippen LogP contribution is 2.41. The van der Waals surface area contributed by atoms with E-state index in [1.54, 1.807) is 37.4 Å². The molecule has 1 N–H and O–H groups in total. The zero-order valence-corrected chi connectivity index (χ0v) is 15.8. The first-order chi connectivity index (χ1) is 12.7. The van der Waals surface area contributed by atoms with Crippen molar-refractivity contribution >= 4 is 27.0 Å². The van der Waals surface area contributed by atoms with Crippen LogP contribution in [0.4, 0.5) is 13.2 Å². The average molecular weight is 442 g/mol. The molecule has 0 bridgehead atoms. The van der Waals surface area contributed by atoms with Crippen molar-refractivity contribution in [2.24, 2.45) is 0 Å². The van der Waals surface area contributed by atoms with E-state index in [0.717, 1.165) is 10.0 Å². The van der Waals surface area contributed by atoms with Gasteiger partial charge in [-0.05, 0) is 53.0 Å². The second kappa shape index (κ2) is 6.49. The Morgan fingerprint density at radius 2 is 2.11 bits per heavy atom. The number of aromatic nitrogens is 2. The van der Waals surface area contributed by atoms with E-state index in [1.165, 1.54) is 4.90 Å². The molecule has 2 aromatic heterocycles. The molecule has 9 heteroatoms. The monoisotopic (exact) mass is 441 g/mol. The summed E-state index contributed by atoms with van der Waals surface area (Å²) in [6, 6.07) is 5.75. The van der Waals surface area contributed by atoms with Gasteiger partial charge in [-0.1, -0.05) is 6.07 Å². The number of hydrogen-bond donors (Lipinski definition) is 1. The van der Waals surface area contributed by atoms with Gasteiger partial charge in [-0.3, -0.25) is 14.9 Å². The highest BCUT2D eigenvalue weighted by atomic mass is 79.9. The van der Waals surface area contributed by atoms with E-state index in [4.69, 9.17) is 4.42 Å². The number of nitrogens with zero attached hydrogens (tertiary/aromatic N) is 2. The van der Waals surface area contributed by atoms with Gasteiger partial charge in [-0.25, -0.2) is 4.79 Å². The van der Waals surface area contributed by atoms with Crippen LogP contribution in [0.3, 0.4) is 0 Å². The molecule has 0 unspecified atom stereocenters. The summed E-state index contributed by atoms with van der Waals surface area (Å²) < 4.78 is 45.8. The number of nitrogens with one attached hydrogen (secondary N) is 1. The number of oxazole rings is 1. The minimum Gasteiger partial charge on any atom is -0.408 e. The second-order valence-electron chi connectivity index (χ2n) is 6.67. The molecule has 3 heterocycles. The SMILES string of the molecule is C[C@@H]1Cc2c(ccc3[nH]c(=O)oc23)[C@@H](c2ccc(Br)cn2)N1CC(F)(F)F. The van der Waals surface area contributed by atoms with Crippen LogP contribution in [-0.2, 0) is 6.42 Å². The predicted octanol–water partition coefficient (Wildman–Crippen LogP) is 4.18. The Kier molecular flexibility index (Phi) is 4.38. The fourth-order valence-electron chi connectivity index (χ4n) is 3.73. The quantitative estimate of drug-likeness (QED) is 0.647. The highest BCUT2D eigenvalue weighted by Gasteiger charge is 2.41. The van der Waals surface area contributed by atoms with Crippen molar-refractivity contribution in [3.63, 3.8) is 0 Å². The number of hydrogen-bond acceptors (Lipinski definition) is 4. The van der Waals surface area contributed by atoms with Crippen LogP contribution in [0.2, 0.25) is 0 Å². The molecule has 0 saturated carbocycles. The van der Waals surface area contributed by atoms with Gasteiger partial charge in [0.25, 0.3) is 0 Å². The van der Waals surface area contributed by atoms with Crippen molar-refractivity contribution in [1.29, 1.82) is 0 Å². The van der Waals surface area contributed by atoms with E-state index in [0.29, 0.717) is 28.8 Å². The summed E-state index contributed by atoms with van der Waals surface area (Å²) in [5, 5.41) is 0. The fourth-order valence-corrected chi connectivity index (χ4v) is 3.97. The molecule has 5 nitrogen and oxygen atoms in total. The maximum absolute atomic E-state index is 13.3. The number of H-pyrrole nitrogens is 1. The van der Waals surface area contributed by atoms with Gasteiger partial charge in [0.05, 0.1) is 23.8 Å². The minimum atomic E-state index is -4.34. The van der Waals surface area contributed by atoms with E-state index in [1.807, 2.05) is 0 Å². The topological polar surface area (TPSA) is 62.1 Å². The summed E-state index contributed by atoms with van der Waals surface area (Å²) in [6.07, 6.45) is -2.43. The third-order valence-corrected chi connectivity index (χ3v) is 5.28. The molecule has 0 saturated heterocycles. The summed E-state index contributed by atoms with van der Waals surface area (Å²) in [5.41, 5.74) is 2.86. The van der Waals surface area contributed by atoms with Gasteiger partial charge in [0, 0.05) is 22.3 Å². The molecule has 4 rings (SSSR count). The van der Waals surface area contributed by atoms with E-state index >= 15 is 0 Å². The van der Waals surface area contributed by atoms with Crippen molar-refractivity contribution in [3.8, 4) is 0 Å². The van der Waals surface area contributed by atoms with Gasteiger partial charge in [-0.2, -0.15) is 13.2 Å². The van der Waals surface area contributed by atoms with E-state index in [-0.39, 0.29) is 0 Å². The lowest BCUT2D eigenvalue weighted by Gasteiger charge is -2.41. The highest BCUT2D eigenvalue weighted by molar-refractivity contribution is 9.10. The Balaban J connectivity index is 1.92. The normalized spacial score (nSPS) is 20.8.